The number of hydrogen-bond donors (Lipinski definition) is 7. The molecule has 0 bridgehead atoms. The third kappa shape index (κ3) is 28.2. The summed E-state index contributed by atoms with van der Waals surface area (Å²) in [5, 5.41) is 18.2. The molecule has 2 aromatic heterocycles. The minimum absolute atomic E-state index is 0.0149. The van der Waals surface area contributed by atoms with E-state index in [1.807, 2.05) is 168 Å². The van der Waals surface area contributed by atoms with E-state index in [1.165, 1.54) is 36.8 Å². The van der Waals surface area contributed by atoms with Gasteiger partial charge in [-0.05, 0) is 337 Å². The maximum atomic E-state index is 15.8. The molecule has 4 saturated heterocycles. The first-order chi connectivity index (χ1) is 71.1. The molecule has 0 unspecified atom stereocenters. The van der Waals surface area contributed by atoms with E-state index >= 15 is 8.78 Å². The number of piperidine rings is 2. The third-order valence-corrected chi connectivity index (χ3v) is 37.5. The van der Waals surface area contributed by atoms with Crippen molar-refractivity contribution < 1.29 is 76.2 Å². The zero-order chi connectivity index (χ0) is 108. The second kappa shape index (κ2) is 48.2. The number of aliphatic carboxylic acids is 1. The Kier molecular flexibility index (Phi) is 36.4. The highest BCUT2D eigenvalue weighted by Crippen LogP contribution is 2.49. The fourth-order valence-corrected chi connectivity index (χ4v) is 27.6. The van der Waals surface area contributed by atoms with Crippen molar-refractivity contribution >= 4 is 151 Å². The fraction of sp³-hybridized carbons (Fsp3) is 0.375. The number of benzene rings is 10. The molecular formula is C112H133Cl2F2N12O15PS6. The predicted octanol–water partition coefficient (Wildman–Crippen LogP) is 22.6. The Labute approximate surface area is 899 Å². The van der Waals surface area contributed by atoms with Crippen LogP contribution in [0.25, 0.3) is 44.8 Å². The van der Waals surface area contributed by atoms with E-state index < -0.39 is 87.9 Å². The van der Waals surface area contributed by atoms with Gasteiger partial charge in [0.25, 0.3) is 20.0 Å². The van der Waals surface area contributed by atoms with Gasteiger partial charge in [-0.3, -0.25) is 23.6 Å². The van der Waals surface area contributed by atoms with Crippen molar-refractivity contribution in [1.29, 1.82) is 0 Å². The second-order valence-electron chi connectivity index (χ2n) is 40.5. The van der Waals surface area contributed by atoms with Gasteiger partial charge in [-0.2, -0.15) is 0 Å². The number of nitrogens with zero attached hydrogens (tertiary/aromatic N) is 8. The zero-order valence-electron chi connectivity index (χ0n) is 86.4. The van der Waals surface area contributed by atoms with Crippen molar-refractivity contribution in [3.8, 4) is 44.8 Å². The Balaban J connectivity index is 0.000000225. The van der Waals surface area contributed by atoms with Gasteiger partial charge in [0.1, 0.15) is 18.2 Å². The number of ether oxygens (including phenoxy) is 1. The van der Waals surface area contributed by atoms with E-state index in [0.717, 1.165) is 105 Å². The molecule has 4 fully saturated rings. The van der Waals surface area contributed by atoms with Crippen LogP contribution in [0.15, 0.2) is 260 Å². The average Bonchev–Trinajstić information content (AvgIpc) is 1.58. The Morgan fingerprint density at radius 1 is 0.447 bits per heavy atom. The number of piperazine rings is 2. The second-order valence-corrected chi connectivity index (χ2v) is 52.6. The summed E-state index contributed by atoms with van der Waals surface area (Å²) in [6.07, 6.45) is 5.86. The summed E-state index contributed by atoms with van der Waals surface area (Å²) in [4.78, 5) is 59.1. The van der Waals surface area contributed by atoms with Crippen LogP contribution in [0.3, 0.4) is 0 Å². The van der Waals surface area contributed by atoms with Gasteiger partial charge in [-0.25, -0.2) is 42.5 Å². The number of likely N-dealkylation sites (tertiary alicyclic amines) is 2. The van der Waals surface area contributed by atoms with Crippen molar-refractivity contribution in [1.82, 2.24) is 18.9 Å². The maximum absolute atomic E-state index is 15.8. The van der Waals surface area contributed by atoms with Crippen molar-refractivity contribution in [2.75, 3.05) is 168 Å². The van der Waals surface area contributed by atoms with E-state index in [1.54, 1.807) is 116 Å². The van der Waals surface area contributed by atoms with Crippen molar-refractivity contribution in [2.45, 2.75) is 161 Å². The smallest absolute Gasteiger partial charge is 0.328 e. The first-order valence-electron chi connectivity index (χ1n) is 50.4. The average molecular weight is 2220 g/mol. The summed E-state index contributed by atoms with van der Waals surface area (Å²) in [5.41, 5.74) is 11.6. The molecule has 0 saturated carbocycles. The number of anilines is 8. The standard InChI is InChI=1S/C57H69ClFN6O9PS3.C55H64ClFN6O6S3/c1-39(2)65-41(4)55(77(6,70)71)53(54(65)42-12-14-44(58)15-13-42)43-35-45(59)37-49(36-43)64-30-28-63(29-31-64)48-18-16-46(17-19-48)61-78(72,73)51-20-21-52(40(3)34-51)60-47(38-76-50-10-8-7-9-11-50)22-25-62-26-23-57(5,24-27-62)56(66)74-32-33-75(67,68)69;1-37(2)63-39(4)53(71(6,66)67)51(52(63)40-12-14-42(56)15-13-40)41-33-43(57)35-47(34-41)62-30-28-61(29-31-62)46-18-16-44(17-19-46)59-72(68,69)49-20-21-50(38(3)32-49)58-45(36-70-48-10-8-7-9-11-48)22-25-60-26-23-55(5,24-27-60)54(64)65/h7-21,34-37,39,47,60-61H,22-33,38H2,1-6H3,(H2,67,68,69);7-21,32-35,37,45,58-59H,22-31,36H2,1-6H3,(H,64,65)/t47-;45-/m11/s1. The van der Waals surface area contributed by atoms with Crippen LogP contribution >= 0.6 is 54.3 Å². The molecule has 0 aliphatic carbocycles. The first kappa shape index (κ1) is 113. The number of thioether (sulfide) groups is 2. The summed E-state index contributed by atoms with van der Waals surface area (Å²) in [6, 6.07) is 68.9. The Hall–Kier alpha value is -10.9. The molecule has 38 heteroatoms. The van der Waals surface area contributed by atoms with Crippen LogP contribution in [-0.4, -0.2) is 220 Å². The maximum Gasteiger partial charge on any atom is 0.328 e. The molecule has 4 aliphatic rings. The lowest BCUT2D eigenvalue weighted by Crippen LogP contribution is -2.46. The molecule has 800 valence electrons. The molecule has 0 amide bonds. The summed E-state index contributed by atoms with van der Waals surface area (Å²) < 4.78 is 167. The summed E-state index contributed by atoms with van der Waals surface area (Å²) in [5.74, 6) is -0.580. The van der Waals surface area contributed by atoms with Crippen LogP contribution in [0.2, 0.25) is 10.0 Å². The van der Waals surface area contributed by atoms with Gasteiger partial charge in [0.05, 0.1) is 48.0 Å². The number of carboxylic acids is 1. The number of halogens is 4. The molecule has 27 nitrogen and oxygen atoms in total. The van der Waals surface area contributed by atoms with Gasteiger partial charge >= 0.3 is 19.5 Å². The molecular weight excluding hydrogens is 2090 g/mol. The van der Waals surface area contributed by atoms with Crippen LogP contribution in [0, 0.1) is 50.2 Å². The fourth-order valence-electron chi connectivity index (χ4n) is 20.3. The first-order valence-corrected chi connectivity index (χ1v) is 61.6. The lowest BCUT2D eigenvalue weighted by atomic mass is 9.80. The highest BCUT2D eigenvalue weighted by molar-refractivity contribution is 7.99. The molecule has 7 N–H and O–H groups in total. The Bertz CT molecular complexity index is 7360. The number of carboxylic acid groups (broad SMARTS) is 1. The number of hydrogen-bond acceptors (Lipinski definition) is 22. The van der Waals surface area contributed by atoms with Crippen molar-refractivity contribution in [2.24, 2.45) is 10.8 Å². The lowest BCUT2D eigenvalue weighted by Gasteiger charge is -2.38. The number of esters is 1. The zero-order valence-corrected chi connectivity index (χ0v) is 93.8. The highest BCUT2D eigenvalue weighted by Gasteiger charge is 2.41. The SMILES string of the molecule is Cc1cc(S(=O)(=O)Nc2ccc(N3CCN(c4cc(F)cc(-c5c(S(C)(=O)=O)c(C)n(C(C)C)c5-c5ccc(Cl)cc5)c4)CC3)cc2)ccc1N[C@H](CCN1CCC(C)(C(=O)O)CC1)CSc1ccccc1.Cc1cc(S(=O)(=O)Nc2ccc(N3CCN(c4cc(F)cc(-c5c(S(C)(=O)=O)c(C)n(C(C)C)c5-c5ccc(Cl)cc5)c4)CC3)cc2)ccc1N[C@H](CCN1CCC(C)(C(=O)OCCP(=O)(O)O)CC1)CSc1ccccc1. The third-order valence-electron chi connectivity index (χ3n) is 28.7. The Morgan fingerprint density at radius 3 is 1.12 bits per heavy atom. The summed E-state index contributed by atoms with van der Waals surface area (Å²) in [6.45, 7) is 27.7. The Morgan fingerprint density at radius 2 is 0.793 bits per heavy atom. The van der Waals surface area contributed by atoms with Crippen LogP contribution in [0.4, 0.5) is 54.3 Å². The van der Waals surface area contributed by atoms with E-state index in [-0.39, 0.29) is 50.4 Å². The van der Waals surface area contributed by atoms with Gasteiger partial charge in [0.15, 0.2) is 19.7 Å². The number of aryl methyl sites for hydroxylation is 2. The normalized spacial score (nSPS) is 15.9. The van der Waals surface area contributed by atoms with Gasteiger partial charge in [0, 0.05) is 201 Å². The minimum Gasteiger partial charge on any atom is -0.481 e. The summed E-state index contributed by atoms with van der Waals surface area (Å²) >= 11 is 16.0. The molecule has 12 aromatic rings. The van der Waals surface area contributed by atoms with E-state index in [0.29, 0.717) is 169 Å². The van der Waals surface area contributed by atoms with Gasteiger partial charge in [-0.15, -0.1) is 23.5 Å². The van der Waals surface area contributed by atoms with Crippen molar-refractivity contribution in [3.05, 3.63) is 275 Å². The molecule has 150 heavy (non-hydrogen) atoms. The van der Waals surface area contributed by atoms with Crippen LogP contribution in [0.5, 0.6) is 0 Å². The number of rotatable bonds is 39. The van der Waals surface area contributed by atoms with Crippen LogP contribution < -0.4 is 39.7 Å². The topological polar surface area (TPSA) is 335 Å². The number of sulfonamides is 2. The van der Waals surface area contributed by atoms with E-state index in [2.05, 4.69) is 73.7 Å². The molecule has 2 atom stereocenters. The largest absolute Gasteiger partial charge is 0.481 e. The van der Waals surface area contributed by atoms with Crippen LogP contribution in [0.1, 0.15) is 115 Å². The molecule has 10 aromatic carbocycles. The van der Waals surface area contributed by atoms with Gasteiger partial charge in [-0.1, -0.05) is 83.9 Å². The number of sulfone groups is 2. The number of aromatic nitrogens is 2. The minimum atomic E-state index is -4.26. The molecule has 4 aliphatic heterocycles. The van der Waals surface area contributed by atoms with Gasteiger partial charge < -0.3 is 68.8 Å². The number of nitrogens with one attached hydrogen (secondary N) is 4. The molecule has 16 rings (SSSR count). The lowest BCUT2D eigenvalue weighted by molar-refractivity contribution is -0.157. The molecule has 6 heterocycles. The highest BCUT2D eigenvalue weighted by atomic mass is 35.5. The monoisotopic (exact) mass is 2220 g/mol. The molecule has 0 spiro atoms. The van der Waals surface area contributed by atoms with E-state index in [4.69, 9.17) is 37.7 Å². The number of carbonyl (C=O) groups is 2. The quantitative estimate of drug-likeness (QED) is 0.0107. The predicted molar refractivity (Wildman–Crippen MR) is 604 cm³/mol. The van der Waals surface area contributed by atoms with E-state index in [9.17, 15) is 52.9 Å². The molecule has 0 radical (unpaired) electrons. The summed E-state index contributed by atoms with van der Waals surface area (Å²) in [7, 11) is -19.7. The van der Waals surface area contributed by atoms with Crippen molar-refractivity contribution in [3.63, 3.8) is 0 Å². The van der Waals surface area contributed by atoms with Crippen LogP contribution in [-0.2, 0) is 58.6 Å². The number of carbonyl (C=O) groups excluding carboxylic acids is 1. The van der Waals surface area contributed by atoms with Gasteiger partial charge in [0.2, 0.25) is 0 Å².